The number of amides is 3. The van der Waals surface area contributed by atoms with E-state index in [4.69, 9.17) is 9.47 Å². The van der Waals surface area contributed by atoms with Gasteiger partial charge in [0, 0.05) is 44.8 Å². The molecule has 4 rings (SSSR count). The zero-order chi connectivity index (χ0) is 33.5. The number of carbonyl (C=O) groups is 4. The molecule has 3 aromatic rings. The molecule has 0 saturated carbocycles. The van der Waals surface area contributed by atoms with Crippen molar-refractivity contribution in [3.8, 4) is 11.1 Å². The summed E-state index contributed by atoms with van der Waals surface area (Å²) in [4.78, 5) is 57.5. The number of ether oxygens (including phenoxy) is 2. The Bertz CT molecular complexity index is 1510. The number of rotatable bonds is 13. The van der Waals surface area contributed by atoms with Gasteiger partial charge < -0.3 is 25.0 Å². The van der Waals surface area contributed by atoms with Crippen molar-refractivity contribution in [1.29, 1.82) is 0 Å². The summed E-state index contributed by atoms with van der Waals surface area (Å²) in [7, 11) is 3.22. The van der Waals surface area contributed by atoms with Gasteiger partial charge >= 0.3 is 12.1 Å². The molecule has 246 valence electrons. The van der Waals surface area contributed by atoms with E-state index in [0.717, 1.165) is 22.3 Å². The lowest BCUT2D eigenvalue weighted by Gasteiger charge is -2.36. The Balaban J connectivity index is 1.48. The molecule has 1 aliphatic rings. The van der Waals surface area contributed by atoms with Gasteiger partial charge in [-0.1, -0.05) is 82.6 Å². The van der Waals surface area contributed by atoms with E-state index in [1.165, 1.54) is 25.3 Å². The van der Waals surface area contributed by atoms with Crippen molar-refractivity contribution in [2.45, 2.75) is 71.6 Å². The van der Waals surface area contributed by atoms with E-state index in [0.29, 0.717) is 11.4 Å². The zero-order valence-corrected chi connectivity index (χ0v) is 28.4. The van der Waals surface area contributed by atoms with Crippen LogP contribution in [0.4, 0.5) is 4.79 Å². The minimum atomic E-state index is -0.834. The van der Waals surface area contributed by atoms with Crippen molar-refractivity contribution in [2.75, 3.05) is 20.7 Å². The smallest absolute Gasteiger partial charge is 0.407 e. The maximum atomic E-state index is 14.1. The lowest BCUT2D eigenvalue weighted by atomic mass is 9.93. The number of esters is 1. The van der Waals surface area contributed by atoms with Crippen LogP contribution in [-0.2, 0) is 19.1 Å². The standard InChI is InChI=1S/C35H44N4O6S/c1-8-21(4)31(38-35(43)44-18-27-25-15-11-9-13-23(25)24-14-10-12-16-26(24)27)34(42)39(7)29(20(2)3)17-30(45-22(5)40)33-37-28(19-46-33)32(41)36-6/h9-16,19-21,27,29-31H,8,17-18H2,1-7H3,(H,36,41)(H,38,43)/t21-,29-,30-,31+/m1/s1. The van der Waals surface area contributed by atoms with Crippen molar-refractivity contribution in [2.24, 2.45) is 11.8 Å². The summed E-state index contributed by atoms with van der Waals surface area (Å²) in [5, 5.41) is 7.49. The lowest BCUT2D eigenvalue weighted by Crippen LogP contribution is -2.54. The van der Waals surface area contributed by atoms with Gasteiger partial charge in [0.1, 0.15) is 23.4 Å². The van der Waals surface area contributed by atoms with Crippen molar-refractivity contribution >= 4 is 35.2 Å². The Labute approximate surface area is 274 Å². The molecule has 0 saturated heterocycles. The average Bonchev–Trinajstić information content (AvgIpc) is 3.66. The number of nitrogens with one attached hydrogen (secondary N) is 2. The van der Waals surface area contributed by atoms with Gasteiger partial charge in [-0.15, -0.1) is 11.3 Å². The first-order valence-corrected chi connectivity index (χ1v) is 16.6. The fourth-order valence-electron chi connectivity index (χ4n) is 6.00. The highest BCUT2D eigenvalue weighted by Gasteiger charge is 2.36. The number of benzene rings is 2. The molecule has 11 heteroatoms. The number of fused-ring (bicyclic) bond motifs is 3. The molecule has 0 radical (unpaired) electrons. The predicted octanol–water partition coefficient (Wildman–Crippen LogP) is 5.93. The largest absolute Gasteiger partial charge is 0.455 e. The summed E-state index contributed by atoms with van der Waals surface area (Å²) in [6.45, 7) is 9.30. The molecule has 0 aliphatic heterocycles. The summed E-state index contributed by atoms with van der Waals surface area (Å²) in [5.74, 6) is -1.41. The van der Waals surface area contributed by atoms with Crippen LogP contribution in [0.5, 0.6) is 0 Å². The van der Waals surface area contributed by atoms with E-state index in [-0.39, 0.29) is 54.3 Å². The van der Waals surface area contributed by atoms with Crippen LogP contribution in [0.3, 0.4) is 0 Å². The van der Waals surface area contributed by atoms with E-state index in [1.54, 1.807) is 17.3 Å². The van der Waals surface area contributed by atoms with Gasteiger partial charge in [0.15, 0.2) is 6.10 Å². The molecule has 3 amide bonds. The van der Waals surface area contributed by atoms with Crippen LogP contribution in [-0.4, -0.2) is 66.5 Å². The maximum absolute atomic E-state index is 14.1. The average molecular weight is 649 g/mol. The van der Waals surface area contributed by atoms with Gasteiger partial charge in [0.05, 0.1) is 0 Å². The van der Waals surface area contributed by atoms with E-state index in [9.17, 15) is 19.2 Å². The van der Waals surface area contributed by atoms with Gasteiger partial charge in [0.2, 0.25) is 5.91 Å². The Morgan fingerprint density at radius 2 is 1.61 bits per heavy atom. The summed E-state index contributed by atoms with van der Waals surface area (Å²) >= 11 is 1.22. The molecule has 2 N–H and O–H groups in total. The minimum Gasteiger partial charge on any atom is -0.455 e. The summed E-state index contributed by atoms with van der Waals surface area (Å²) < 4.78 is 11.4. The quantitative estimate of drug-likeness (QED) is 0.220. The molecule has 0 fully saturated rings. The van der Waals surface area contributed by atoms with Crippen LogP contribution in [0, 0.1) is 11.8 Å². The third-order valence-electron chi connectivity index (χ3n) is 8.73. The van der Waals surface area contributed by atoms with E-state index in [1.807, 2.05) is 52.0 Å². The molecule has 1 aliphatic carbocycles. The fraction of sp³-hybridized carbons (Fsp3) is 0.457. The number of hydrogen-bond donors (Lipinski definition) is 2. The molecule has 0 unspecified atom stereocenters. The van der Waals surface area contributed by atoms with Crippen LogP contribution in [0.2, 0.25) is 0 Å². The normalized spacial score (nSPS) is 14.8. The van der Waals surface area contributed by atoms with E-state index < -0.39 is 24.2 Å². The van der Waals surface area contributed by atoms with Gasteiger partial charge in [-0.05, 0) is 34.1 Å². The molecule has 10 nitrogen and oxygen atoms in total. The summed E-state index contributed by atoms with van der Waals surface area (Å²) in [6.07, 6.45) is -0.506. The molecular formula is C35H44N4O6S. The highest BCUT2D eigenvalue weighted by Crippen LogP contribution is 2.44. The van der Waals surface area contributed by atoms with Crippen LogP contribution < -0.4 is 10.6 Å². The first-order valence-electron chi connectivity index (χ1n) is 15.7. The number of thiazole rings is 1. The number of nitrogens with zero attached hydrogens (tertiary/aromatic N) is 2. The molecular weight excluding hydrogens is 604 g/mol. The molecule has 0 bridgehead atoms. The second-order valence-electron chi connectivity index (χ2n) is 12.1. The molecule has 1 aromatic heterocycles. The third-order valence-corrected chi connectivity index (χ3v) is 9.67. The monoisotopic (exact) mass is 648 g/mol. The topological polar surface area (TPSA) is 127 Å². The van der Waals surface area contributed by atoms with Crippen LogP contribution in [0.25, 0.3) is 11.1 Å². The van der Waals surface area contributed by atoms with Crippen LogP contribution >= 0.6 is 11.3 Å². The predicted molar refractivity (Wildman–Crippen MR) is 177 cm³/mol. The van der Waals surface area contributed by atoms with Gasteiger partial charge in [-0.2, -0.15) is 0 Å². The third kappa shape index (κ3) is 7.75. The van der Waals surface area contributed by atoms with E-state index >= 15 is 0 Å². The number of likely N-dealkylation sites (N-methyl/N-ethyl adjacent to an activating group) is 1. The second-order valence-corrected chi connectivity index (χ2v) is 13.0. The van der Waals surface area contributed by atoms with Crippen molar-refractivity contribution in [1.82, 2.24) is 20.5 Å². The number of carbonyl (C=O) groups excluding carboxylic acids is 4. The Morgan fingerprint density at radius 1 is 1.00 bits per heavy atom. The lowest BCUT2D eigenvalue weighted by molar-refractivity contribution is -0.148. The minimum absolute atomic E-state index is 0.0302. The van der Waals surface area contributed by atoms with Crippen molar-refractivity contribution in [3.05, 3.63) is 75.7 Å². The van der Waals surface area contributed by atoms with Crippen LogP contribution in [0.1, 0.15) is 86.1 Å². The Morgan fingerprint density at radius 3 is 2.15 bits per heavy atom. The molecule has 0 spiro atoms. The van der Waals surface area contributed by atoms with Crippen molar-refractivity contribution < 1.29 is 28.7 Å². The first-order chi connectivity index (χ1) is 22.0. The Kier molecular flexibility index (Phi) is 11.6. The molecule has 2 aromatic carbocycles. The highest BCUT2D eigenvalue weighted by atomic mass is 32.1. The first kappa shape index (κ1) is 34.6. The number of aromatic nitrogens is 1. The maximum Gasteiger partial charge on any atom is 0.407 e. The van der Waals surface area contributed by atoms with Gasteiger partial charge in [-0.3, -0.25) is 14.4 Å². The highest BCUT2D eigenvalue weighted by molar-refractivity contribution is 7.09. The number of alkyl carbamates (subject to hydrolysis) is 1. The summed E-state index contributed by atoms with van der Waals surface area (Å²) in [6, 6.07) is 15.0. The van der Waals surface area contributed by atoms with Crippen LogP contribution in [0.15, 0.2) is 53.9 Å². The molecule has 4 atom stereocenters. The van der Waals surface area contributed by atoms with Crippen molar-refractivity contribution in [3.63, 3.8) is 0 Å². The SMILES string of the molecule is CC[C@@H](C)[C@H](NC(=O)OCC1c2ccccc2-c2ccccc21)C(=O)N(C)[C@H](C[C@@H](OC(C)=O)c1nc(C(=O)NC)cs1)C(C)C. The summed E-state index contributed by atoms with van der Waals surface area (Å²) in [5.41, 5.74) is 4.71. The van der Waals surface area contributed by atoms with E-state index in [2.05, 4.69) is 39.9 Å². The van der Waals surface area contributed by atoms with Gasteiger partial charge in [-0.25, -0.2) is 9.78 Å². The molecule has 1 heterocycles. The molecule has 46 heavy (non-hydrogen) atoms. The Hall–Kier alpha value is -4.25. The zero-order valence-electron chi connectivity index (χ0n) is 27.5. The second kappa shape index (κ2) is 15.4. The number of hydrogen-bond acceptors (Lipinski definition) is 8. The fourth-order valence-corrected chi connectivity index (χ4v) is 6.84. The van der Waals surface area contributed by atoms with Gasteiger partial charge in [0.25, 0.3) is 5.91 Å².